The fourth-order valence-electron chi connectivity index (χ4n) is 5.12. The predicted octanol–water partition coefficient (Wildman–Crippen LogP) is 9.75. The van der Waals surface area contributed by atoms with Gasteiger partial charge in [0.25, 0.3) is 0 Å². The molecule has 0 N–H and O–H groups in total. The molecule has 0 radical (unpaired) electrons. The minimum absolute atomic E-state index is 0.0299. The monoisotopic (exact) mass is 502 g/mol. The van der Waals surface area contributed by atoms with E-state index in [0.29, 0.717) is 5.92 Å². The number of rotatable bonds is 9. The molecule has 6 heteroatoms. The van der Waals surface area contributed by atoms with Crippen LogP contribution < -0.4 is 4.74 Å². The quantitative estimate of drug-likeness (QED) is 0.161. The van der Waals surface area contributed by atoms with E-state index in [4.69, 9.17) is 4.74 Å². The molecule has 3 aromatic carbocycles. The van der Waals surface area contributed by atoms with Crippen LogP contribution >= 0.6 is 0 Å². The highest BCUT2D eigenvalue weighted by molar-refractivity contribution is 5.70. The highest BCUT2D eigenvalue weighted by Crippen LogP contribution is 2.40. The highest BCUT2D eigenvalue weighted by Gasteiger charge is 2.35. The maximum atomic E-state index is 15.1. The van der Waals surface area contributed by atoms with E-state index in [9.17, 15) is 13.2 Å². The van der Waals surface area contributed by atoms with E-state index in [1.807, 2.05) is 0 Å². The number of hydrogen-bond donors (Lipinski definition) is 0. The summed E-state index contributed by atoms with van der Waals surface area (Å²) in [5, 5.41) is 0. The molecule has 0 aliphatic heterocycles. The fraction of sp³-hybridized carbons (Fsp3) is 0.400. The molecule has 0 aromatic heterocycles. The first kappa shape index (κ1) is 26.2. The Hall–Kier alpha value is -2.89. The summed E-state index contributed by atoms with van der Waals surface area (Å²) in [5.41, 5.74) is 0.672. The Labute approximate surface area is 209 Å². The van der Waals surface area contributed by atoms with Crippen LogP contribution in [0.15, 0.2) is 60.7 Å². The first-order valence-corrected chi connectivity index (χ1v) is 12.7. The zero-order valence-electron chi connectivity index (χ0n) is 20.4. The van der Waals surface area contributed by atoms with Crippen LogP contribution in [-0.4, -0.2) is 0 Å². The molecule has 0 saturated heterocycles. The summed E-state index contributed by atoms with van der Waals surface area (Å²) < 4.78 is 76.1. The zero-order chi connectivity index (χ0) is 25.7. The Kier molecular flexibility index (Phi) is 8.32. The number of ether oxygens (including phenoxy) is 1. The summed E-state index contributed by atoms with van der Waals surface area (Å²) in [7, 11) is 0. The summed E-state index contributed by atoms with van der Waals surface area (Å²) in [6.07, 6.45) is 5.88. The Balaban J connectivity index is 1.46. The summed E-state index contributed by atoms with van der Waals surface area (Å²) in [6, 6.07) is 13.4. The molecule has 1 aliphatic carbocycles. The third-order valence-electron chi connectivity index (χ3n) is 7.20. The maximum Gasteiger partial charge on any atom is 0.426 e. The normalized spacial score (nSPS) is 18.3. The topological polar surface area (TPSA) is 9.23 Å². The van der Waals surface area contributed by atoms with Gasteiger partial charge in [-0.2, -0.15) is 8.78 Å². The molecule has 1 fully saturated rings. The molecule has 0 heterocycles. The van der Waals surface area contributed by atoms with Crippen molar-refractivity contribution in [2.24, 2.45) is 5.92 Å². The van der Waals surface area contributed by atoms with Gasteiger partial charge in [-0.25, -0.2) is 13.2 Å². The minimum atomic E-state index is -3.68. The second-order valence-corrected chi connectivity index (χ2v) is 9.70. The maximum absolute atomic E-state index is 15.1. The second-order valence-electron chi connectivity index (χ2n) is 9.70. The molecule has 36 heavy (non-hydrogen) atoms. The van der Waals surface area contributed by atoms with E-state index in [1.54, 1.807) is 12.1 Å². The average Bonchev–Trinajstić information content (AvgIpc) is 2.88. The van der Waals surface area contributed by atoms with Gasteiger partial charge in [-0.1, -0.05) is 62.9 Å². The Bertz CT molecular complexity index is 1130. The van der Waals surface area contributed by atoms with Gasteiger partial charge < -0.3 is 4.74 Å². The first-order valence-electron chi connectivity index (χ1n) is 12.7. The van der Waals surface area contributed by atoms with Gasteiger partial charge in [0.1, 0.15) is 5.75 Å². The predicted molar refractivity (Wildman–Crippen MR) is 132 cm³/mol. The summed E-state index contributed by atoms with van der Waals surface area (Å²) in [6.45, 7) is 2.21. The molecule has 3 aromatic rings. The molecule has 0 amide bonds. The van der Waals surface area contributed by atoms with Crippen molar-refractivity contribution in [1.29, 1.82) is 0 Å². The van der Waals surface area contributed by atoms with Gasteiger partial charge in [0.05, 0.1) is 5.56 Å². The van der Waals surface area contributed by atoms with Crippen LogP contribution in [0.4, 0.5) is 22.0 Å². The van der Waals surface area contributed by atoms with E-state index >= 15 is 8.78 Å². The van der Waals surface area contributed by atoms with Crippen LogP contribution in [0.25, 0.3) is 11.1 Å². The lowest BCUT2D eigenvalue weighted by Crippen LogP contribution is -2.22. The van der Waals surface area contributed by atoms with Crippen molar-refractivity contribution in [3.63, 3.8) is 0 Å². The molecule has 0 spiro atoms. The smallest absolute Gasteiger partial charge is 0.426 e. The van der Waals surface area contributed by atoms with Crippen LogP contribution in [0.1, 0.15) is 75.3 Å². The van der Waals surface area contributed by atoms with Crippen molar-refractivity contribution in [2.75, 3.05) is 0 Å². The lowest BCUT2D eigenvalue weighted by molar-refractivity contribution is -0.185. The number of hydrogen-bond acceptors (Lipinski definition) is 1. The second kappa shape index (κ2) is 11.4. The highest BCUT2D eigenvalue weighted by atomic mass is 19.3. The van der Waals surface area contributed by atoms with Crippen molar-refractivity contribution in [3.8, 4) is 16.9 Å². The van der Waals surface area contributed by atoms with Gasteiger partial charge in [-0.15, -0.1) is 0 Å². The van der Waals surface area contributed by atoms with Crippen molar-refractivity contribution >= 4 is 0 Å². The van der Waals surface area contributed by atoms with Gasteiger partial charge in [-0.3, -0.25) is 0 Å². The molecular weight excluding hydrogens is 471 g/mol. The van der Waals surface area contributed by atoms with Gasteiger partial charge in [-0.05, 0) is 79.0 Å². The first-order chi connectivity index (χ1) is 17.3. The lowest BCUT2D eigenvalue weighted by Gasteiger charge is -2.29. The van der Waals surface area contributed by atoms with Crippen LogP contribution in [-0.2, 0) is 6.11 Å². The van der Waals surface area contributed by atoms with E-state index < -0.39 is 23.6 Å². The molecule has 0 bridgehead atoms. The Morgan fingerprint density at radius 2 is 1.47 bits per heavy atom. The molecule has 4 rings (SSSR count). The lowest BCUT2D eigenvalue weighted by atomic mass is 9.77. The molecular formula is C30H31F5O. The zero-order valence-corrected chi connectivity index (χ0v) is 20.4. The molecule has 192 valence electrons. The average molecular weight is 503 g/mol. The summed E-state index contributed by atoms with van der Waals surface area (Å²) in [4.78, 5) is 0. The standard InChI is InChI=1S/C30H31F5O/c1-2-3-4-7-20-10-12-21(13-11-20)22-14-16-24(17-15-22)30(34,35)36-28-9-6-5-8-25(28)23-18-26(31)29(33)27(32)19-23/h5-6,8-9,14-21H,2-4,7,10-13H2,1H3/t20-,21-. The van der Waals surface area contributed by atoms with E-state index in [-0.39, 0.29) is 22.4 Å². The molecule has 1 nitrogen and oxygen atoms in total. The van der Waals surface area contributed by atoms with Crippen molar-refractivity contribution in [3.05, 3.63) is 89.2 Å². The summed E-state index contributed by atoms with van der Waals surface area (Å²) in [5.74, 6) is -3.55. The number of unbranched alkanes of at least 4 members (excludes halogenated alkanes) is 2. The largest absolute Gasteiger partial charge is 0.428 e. The van der Waals surface area contributed by atoms with E-state index in [1.165, 1.54) is 74.9 Å². The molecule has 0 unspecified atom stereocenters. The van der Waals surface area contributed by atoms with Gasteiger partial charge in [0, 0.05) is 5.56 Å². The Morgan fingerprint density at radius 3 is 2.11 bits per heavy atom. The fourth-order valence-corrected chi connectivity index (χ4v) is 5.12. The number of para-hydroxylation sites is 1. The Morgan fingerprint density at radius 1 is 0.833 bits per heavy atom. The molecule has 1 aliphatic rings. The SMILES string of the molecule is CCCCC[C@H]1CC[C@H](c2ccc(C(F)(F)Oc3ccccc3-c3cc(F)c(F)c(F)c3)cc2)CC1. The van der Waals surface area contributed by atoms with Crippen LogP contribution in [0.3, 0.4) is 0 Å². The van der Waals surface area contributed by atoms with Crippen molar-refractivity contribution in [2.45, 2.75) is 70.3 Å². The third kappa shape index (κ3) is 6.08. The van der Waals surface area contributed by atoms with E-state index in [2.05, 4.69) is 6.92 Å². The van der Waals surface area contributed by atoms with Gasteiger partial charge in [0.15, 0.2) is 17.5 Å². The van der Waals surface area contributed by atoms with Crippen molar-refractivity contribution in [1.82, 2.24) is 0 Å². The summed E-state index contributed by atoms with van der Waals surface area (Å²) >= 11 is 0. The number of benzene rings is 3. The van der Waals surface area contributed by atoms with Gasteiger partial charge in [0.2, 0.25) is 0 Å². The molecule has 1 saturated carbocycles. The van der Waals surface area contributed by atoms with Crippen LogP contribution in [0, 0.1) is 23.4 Å². The van der Waals surface area contributed by atoms with Gasteiger partial charge >= 0.3 is 6.11 Å². The van der Waals surface area contributed by atoms with Crippen molar-refractivity contribution < 1.29 is 26.7 Å². The van der Waals surface area contributed by atoms with Crippen LogP contribution in [0.5, 0.6) is 5.75 Å². The number of halogens is 5. The van der Waals surface area contributed by atoms with Crippen LogP contribution in [0.2, 0.25) is 0 Å². The third-order valence-corrected chi connectivity index (χ3v) is 7.20. The number of alkyl halides is 2. The minimum Gasteiger partial charge on any atom is -0.428 e. The molecule has 0 atom stereocenters. The van der Waals surface area contributed by atoms with E-state index in [0.717, 1.165) is 36.5 Å².